The normalized spacial score (nSPS) is 21.4. The van der Waals surface area contributed by atoms with Crippen LogP contribution in [0.4, 0.5) is 9.18 Å². The summed E-state index contributed by atoms with van der Waals surface area (Å²) in [5, 5.41) is 42.7. The first-order chi connectivity index (χ1) is 48.0. The van der Waals surface area contributed by atoms with Crippen LogP contribution in [-0.4, -0.2) is 190 Å². The maximum atomic E-state index is 14.2. The molecule has 548 valence electrons. The Labute approximate surface area is 583 Å². The molecule has 7 rings (SSSR count). The summed E-state index contributed by atoms with van der Waals surface area (Å²) in [6.07, 6.45) is 3.70. The number of nitrogens with one attached hydrogen (secondary N) is 8. The summed E-state index contributed by atoms with van der Waals surface area (Å²) in [6.45, 7) is 9.73. The Hall–Kier alpha value is -8.77. The van der Waals surface area contributed by atoms with E-state index >= 15 is 0 Å². The van der Waals surface area contributed by atoms with Gasteiger partial charge in [-0.1, -0.05) is 66.7 Å². The average Bonchev–Trinajstić information content (AvgIpc) is 1.43. The number of alkyl halides is 1. The molecule has 2 heterocycles. The summed E-state index contributed by atoms with van der Waals surface area (Å²) in [5.41, 5.74) is 19.7. The van der Waals surface area contributed by atoms with Crippen LogP contribution in [0.25, 0.3) is 5.70 Å². The van der Waals surface area contributed by atoms with Gasteiger partial charge in [0.1, 0.15) is 43.2 Å². The van der Waals surface area contributed by atoms with Crippen molar-refractivity contribution in [2.24, 2.45) is 45.2 Å². The van der Waals surface area contributed by atoms with Crippen LogP contribution in [0.1, 0.15) is 127 Å². The van der Waals surface area contributed by atoms with E-state index in [1.54, 1.807) is 13.8 Å². The van der Waals surface area contributed by atoms with Crippen LogP contribution in [0, 0.1) is 23.7 Å². The standard InChI is InChI=1S/C71H101FN12O16/c1-70(2,100-34-31-77-69(94)98-43-46-15-19-48(20-16-46)63-53-26-24-51-50(54(51)44-97-38-37-96-36-35-95-33-28-72)23-25-52(53)62(83-84-63)47-11-6-5-7-12-47)27-32-99-71(3,4)41-59(86)75-29-9-8-13-56-65(91)80-55(14-10-30-76-68(73)74)64(90)78-42-60(87)79-58(40-61(88)89)67(93)82-57(66(92)81-56)39-45-17-21-49(85)22-18-45/h5-7,11-12,15-22,50-51,53-58,83,85H,8-10,13-14,23-44H2,1-4H3,(H,75,86)(H,77,94)(H,78,90)(H,79,87)(H,80,91)(H,81,92)(H,82,93)(H,88,89)(H4,73,74,76)/t50-,51?,53?,54?,55-,56?,57+,58-/m0/s1. The van der Waals surface area contributed by atoms with Crippen LogP contribution in [0.5, 0.6) is 5.75 Å². The van der Waals surface area contributed by atoms with Gasteiger partial charge in [0, 0.05) is 32.0 Å². The second kappa shape index (κ2) is 39.9. The number of halogens is 1. The lowest BCUT2D eigenvalue weighted by Gasteiger charge is -2.31. The van der Waals surface area contributed by atoms with Gasteiger partial charge in [-0.15, -0.1) is 0 Å². The Kier molecular flexibility index (Phi) is 31.3. The van der Waals surface area contributed by atoms with E-state index < -0.39 is 96.6 Å². The van der Waals surface area contributed by atoms with Crippen molar-refractivity contribution in [2.45, 2.75) is 153 Å². The number of carbonyl (C=O) groups excluding carboxylic acids is 7. The van der Waals surface area contributed by atoms with E-state index in [9.17, 15) is 53.0 Å². The first-order valence-corrected chi connectivity index (χ1v) is 34.5. The quantitative estimate of drug-likeness (QED) is 0.0221. The summed E-state index contributed by atoms with van der Waals surface area (Å²) < 4.78 is 46.9. The Bertz CT molecular complexity index is 3280. The highest BCUT2D eigenvalue weighted by atomic mass is 19.1. The lowest BCUT2D eigenvalue weighted by molar-refractivity contribution is -0.141. The molecule has 0 spiro atoms. The van der Waals surface area contributed by atoms with Crippen LogP contribution in [0.15, 0.2) is 94.5 Å². The number of phenolic OH excluding ortho intramolecular Hbond substituents is 1. The minimum atomic E-state index is -1.67. The number of phenols is 1. The topological polar surface area (TPSA) is 405 Å². The highest BCUT2D eigenvalue weighted by Gasteiger charge is 2.51. The molecule has 2 saturated carbocycles. The predicted molar refractivity (Wildman–Crippen MR) is 369 cm³/mol. The maximum Gasteiger partial charge on any atom is 0.407 e. The SMILES string of the molecule is CC(C)(CCOC(C)(C)CC(=O)NCCCCC1NC(=O)[C@@H](Cc2ccc(O)cc2)NC(=O)[C@H](CC(=O)O)NC(=O)CNC(=O)[C@H](CCCN=C(N)N)NC1=O)OCCNC(=O)OCc1ccc(C2=NNC(c3ccccc3)=C3CC[C@H]4C(CCC23)C4COCCOCCOCCF)cc1. The highest BCUT2D eigenvalue weighted by molar-refractivity contribution is 6.06. The molecule has 4 aliphatic rings. The fourth-order valence-corrected chi connectivity index (χ4v) is 12.5. The monoisotopic (exact) mass is 1400 g/mol. The number of aliphatic carboxylic acids is 1. The number of fused-ring (bicyclic) bond motifs is 2. The predicted octanol–water partition coefficient (Wildman–Crippen LogP) is 3.91. The van der Waals surface area contributed by atoms with Gasteiger partial charge in [0.25, 0.3) is 0 Å². The van der Waals surface area contributed by atoms with Gasteiger partial charge in [0.15, 0.2) is 5.96 Å². The average molecular weight is 1400 g/mol. The molecule has 8 atom stereocenters. The number of nitrogens with zero attached hydrogens (tertiary/aromatic N) is 2. The van der Waals surface area contributed by atoms with E-state index in [0.29, 0.717) is 69.2 Å². The van der Waals surface area contributed by atoms with Gasteiger partial charge in [-0.2, -0.15) is 5.10 Å². The number of carboxylic acids is 1. The molecule has 29 heteroatoms. The van der Waals surface area contributed by atoms with Crippen molar-refractivity contribution < 1.29 is 81.4 Å². The molecule has 2 aliphatic heterocycles. The molecule has 0 bridgehead atoms. The molecule has 14 N–H and O–H groups in total. The third kappa shape index (κ3) is 26.7. The van der Waals surface area contributed by atoms with Gasteiger partial charge in [0.05, 0.1) is 94.9 Å². The van der Waals surface area contributed by atoms with E-state index in [4.69, 9.17) is 45.0 Å². The van der Waals surface area contributed by atoms with E-state index in [0.717, 1.165) is 53.8 Å². The van der Waals surface area contributed by atoms with Gasteiger partial charge in [-0.25, -0.2) is 9.18 Å². The zero-order valence-corrected chi connectivity index (χ0v) is 57.8. The number of carboxylic acid groups (broad SMARTS) is 1. The molecule has 1 saturated heterocycles. The summed E-state index contributed by atoms with van der Waals surface area (Å²) >= 11 is 0. The largest absolute Gasteiger partial charge is 0.508 e. The maximum absolute atomic E-state index is 14.2. The molecule has 3 aromatic rings. The van der Waals surface area contributed by atoms with Gasteiger partial charge in [0.2, 0.25) is 35.4 Å². The number of benzene rings is 3. The smallest absolute Gasteiger partial charge is 0.407 e. The van der Waals surface area contributed by atoms with Crippen LogP contribution < -0.4 is 54.1 Å². The van der Waals surface area contributed by atoms with Crippen molar-refractivity contribution in [2.75, 3.05) is 85.7 Å². The molecule has 3 aromatic carbocycles. The molecule has 2 aliphatic carbocycles. The molecule has 7 amide bonds. The Morgan fingerprint density at radius 1 is 0.670 bits per heavy atom. The number of hydrogen-bond donors (Lipinski definition) is 12. The van der Waals surface area contributed by atoms with Gasteiger partial charge < -0.3 is 87.3 Å². The summed E-state index contributed by atoms with van der Waals surface area (Å²) in [7, 11) is 0. The van der Waals surface area contributed by atoms with E-state index in [-0.39, 0.29) is 108 Å². The molecular formula is C71H101FN12O16. The van der Waals surface area contributed by atoms with Crippen LogP contribution >= 0.6 is 0 Å². The number of nitrogens with two attached hydrogens (primary N) is 2. The molecule has 0 aromatic heterocycles. The van der Waals surface area contributed by atoms with Crippen molar-refractivity contribution in [3.63, 3.8) is 0 Å². The van der Waals surface area contributed by atoms with Crippen LogP contribution in [0.2, 0.25) is 0 Å². The molecule has 3 fully saturated rings. The number of amides is 7. The van der Waals surface area contributed by atoms with Crippen molar-refractivity contribution in [3.05, 3.63) is 107 Å². The van der Waals surface area contributed by atoms with Crippen molar-refractivity contribution in [1.29, 1.82) is 0 Å². The molecular weight excluding hydrogens is 1300 g/mol. The zero-order chi connectivity index (χ0) is 72.0. The number of unbranched alkanes of at least 4 members (excludes halogenated alkanes) is 1. The number of ether oxygens (including phenoxy) is 6. The lowest BCUT2D eigenvalue weighted by atomic mass is 9.78. The molecule has 4 unspecified atom stereocenters. The van der Waals surface area contributed by atoms with E-state index in [2.05, 4.69) is 59.8 Å². The lowest BCUT2D eigenvalue weighted by Crippen LogP contribution is -2.58. The number of allylic oxidation sites excluding steroid dienone is 1. The number of hydrogen-bond acceptors (Lipinski definition) is 18. The number of aliphatic imine (C=N–C) groups is 1. The van der Waals surface area contributed by atoms with Crippen molar-refractivity contribution >= 4 is 64.9 Å². The van der Waals surface area contributed by atoms with Crippen molar-refractivity contribution in [1.82, 2.24) is 42.6 Å². The second-order valence-corrected chi connectivity index (χ2v) is 26.7. The minimum Gasteiger partial charge on any atom is -0.508 e. The summed E-state index contributed by atoms with van der Waals surface area (Å²) in [4.78, 5) is 110. The fourth-order valence-electron chi connectivity index (χ4n) is 12.5. The van der Waals surface area contributed by atoms with Crippen LogP contribution in [-0.2, 0) is 75.0 Å². The highest BCUT2D eigenvalue weighted by Crippen LogP contribution is 2.56. The first kappa shape index (κ1) is 78.6. The number of aromatic hydroxyl groups is 1. The van der Waals surface area contributed by atoms with E-state index in [1.807, 2.05) is 56.3 Å². The van der Waals surface area contributed by atoms with Gasteiger partial charge in [-0.3, -0.25) is 44.0 Å². The number of hydrazone groups is 1. The minimum absolute atomic E-state index is 0.00340. The Morgan fingerprint density at radius 2 is 1.31 bits per heavy atom. The molecule has 100 heavy (non-hydrogen) atoms. The Morgan fingerprint density at radius 3 is 2.02 bits per heavy atom. The number of guanidine groups is 1. The van der Waals surface area contributed by atoms with Gasteiger partial charge in [-0.05, 0) is 150 Å². The second-order valence-electron chi connectivity index (χ2n) is 26.7. The molecule has 28 nitrogen and oxygen atoms in total. The third-order valence-corrected chi connectivity index (χ3v) is 17.9. The summed E-state index contributed by atoms with van der Waals surface area (Å²) in [5.74, 6) is -4.51. The van der Waals surface area contributed by atoms with Crippen LogP contribution in [0.3, 0.4) is 0 Å². The van der Waals surface area contributed by atoms with Gasteiger partial charge >= 0.3 is 12.1 Å². The summed E-state index contributed by atoms with van der Waals surface area (Å²) in [6, 6.07) is 18.4. The van der Waals surface area contributed by atoms with E-state index in [1.165, 1.54) is 29.8 Å². The zero-order valence-electron chi connectivity index (χ0n) is 57.8. The number of carbonyl (C=O) groups is 8. The fraction of sp³-hybridized carbons (Fsp3) is 0.577. The first-order valence-electron chi connectivity index (χ1n) is 34.5. The Balaban J connectivity index is 0.824. The number of alkyl carbamates (subject to hydrolysis) is 1. The molecule has 0 radical (unpaired) electrons. The van der Waals surface area contributed by atoms with Crippen molar-refractivity contribution in [3.8, 4) is 5.75 Å². The third-order valence-electron chi connectivity index (χ3n) is 17.9. The number of rotatable bonds is 37.